The van der Waals surface area contributed by atoms with Crippen molar-refractivity contribution in [2.45, 2.75) is 33.7 Å². The molecule has 1 atom stereocenters. The van der Waals surface area contributed by atoms with Crippen LogP contribution in [0.2, 0.25) is 0 Å². The molecule has 0 aliphatic heterocycles. The molecule has 0 aromatic heterocycles. The van der Waals surface area contributed by atoms with Crippen LogP contribution in [0.15, 0.2) is 12.2 Å². The van der Waals surface area contributed by atoms with Gasteiger partial charge in [-0.3, -0.25) is 0 Å². The van der Waals surface area contributed by atoms with E-state index in [9.17, 15) is 0 Å². The highest BCUT2D eigenvalue weighted by atomic mass is 16.5. The number of rotatable bonds is 7. The Morgan fingerprint density at radius 1 is 1.38 bits per heavy atom. The molecule has 0 saturated carbocycles. The predicted molar refractivity (Wildman–Crippen MR) is 57.9 cm³/mol. The number of allylic oxidation sites excluding steroid dienone is 1. The Kier molecular flexibility index (Phi) is 8.05. The molecule has 0 aliphatic rings. The summed E-state index contributed by atoms with van der Waals surface area (Å²) in [6.45, 7) is 11.0. The molecule has 78 valence electrons. The average Bonchev–Trinajstić information content (AvgIpc) is 2.10. The van der Waals surface area contributed by atoms with Crippen LogP contribution in [0, 0.1) is 5.92 Å². The first-order chi connectivity index (χ1) is 6.22. The van der Waals surface area contributed by atoms with Crippen molar-refractivity contribution in [3.05, 3.63) is 12.2 Å². The predicted octanol–water partition coefficient (Wildman–Crippen LogP) is 2.21. The van der Waals surface area contributed by atoms with Gasteiger partial charge in [0, 0.05) is 19.2 Å². The lowest BCUT2D eigenvalue weighted by Gasteiger charge is -2.21. The lowest BCUT2D eigenvalue weighted by atomic mass is 10.1. The highest BCUT2D eigenvalue weighted by Gasteiger charge is 2.10. The molecule has 1 unspecified atom stereocenters. The minimum absolute atomic E-state index is 0.469. The molecule has 0 amide bonds. The molecule has 0 bridgehead atoms. The molecule has 0 fully saturated rings. The van der Waals surface area contributed by atoms with E-state index in [2.05, 4.69) is 31.3 Å². The van der Waals surface area contributed by atoms with E-state index >= 15 is 0 Å². The second-order valence-corrected chi connectivity index (χ2v) is 3.49. The SMILES string of the molecule is C/C=C/CNC(COCC)C(C)C. The third kappa shape index (κ3) is 6.79. The topological polar surface area (TPSA) is 21.3 Å². The van der Waals surface area contributed by atoms with Crippen molar-refractivity contribution in [2.75, 3.05) is 19.8 Å². The molecular weight excluding hydrogens is 162 g/mol. The second-order valence-electron chi connectivity index (χ2n) is 3.49. The van der Waals surface area contributed by atoms with Gasteiger partial charge in [0.2, 0.25) is 0 Å². The van der Waals surface area contributed by atoms with E-state index in [1.165, 1.54) is 0 Å². The van der Waals surface area contributed by atoms with E-state index in [4.69, 9.17) is 4.74 Å². The number of ether oxygens (including phenoxy) is 1. The first kappa shape index (κ1) is 12.7. The minimum Gasteiger partial charge on any atom is -0.380 e. The van der Waals surface area contributed by atoms with Crippen LogP contribution in [0.5, 0.6) is 0 Å². The molecule has 0 rings (SSSR count). The summed E-state index contributed by atoms with van der Waals surface area (Å²) in [5.41, 5.74) is 0. The van der Waals surface area contributed by atoms with Gasteiger partial charge in [-0.2, -0.15) is 0 Å². The van der Waals surface area contributed by atoms with Crippen LogP contribution in [0.3, 0.4) is 0 Å². The van der Waals surface area contributed by atoms with E-state index in [0.29, 0.717) is 12.0 Å². The number of hydrogen-bond acceptors (Lipinski definition) is 2. The van der Waals surface area contributed by atoms with Gasteiger partial charge in [0.1, 0.15) is 0 Å². The van der Waals surface area contributed by atoms with Crippen molar-refractivity contribution < 1.29 is 4.74 Å². The van der Waals surface area contributed by atoms with Crippen LogP contribution >= 0.6 is 0 Å². The van der Waals surface area contributed by atoms with Gasteiger partial charge in [-0.05, 0) is 19.8 Å². The molecule has 0 aliphatic carbocycles. The molecule has 0 aromatic carbocycles. The van der Waals surface area contributed by atoms with Gasteiger partial charge in [0.15, 0.2) is 0 Å². The van der Waals surface area contributed by atoms with Crippen molar-refractivity contribution in [3.63, 3.8) is 0 Å². The minimum atomic E-state index is 0.469. The van der Waals surface area contributed by atoms with Crippen LogP contribution in [-0.2, 0) is 4.74 Å². The van der Waals surface area contributed by atoms with Gasteiger partial charge < -0.3 is 10.1 Å². The summed E-state index contributed by atoms with van der Waals surface area (Å²) in [4.78, 5) is 0. The summed E-state index contributed by atoms with van der Waals surface area (Å²) < 4.78 is 5.40. The highest BCUT2D eigenvalue weighted by molar-refractivity contribution is 4.82. The van der Waals surface area contributed by atoms with Crippen molar-refractivity contribution >= 4 is 0 Å². The van der Waals surface area contributed by atoms with Crippen LogP contribution in [0.1, 0.15) is 27.7 Å². The highest BCUT2D eigenvalue weighted by Crippen LogP contribution is 2.01. The molecule has 1 N–H and O–H groups in total. The fourth-order valence-electron chi connectivity index (χ4n) is 1.07. The summed E-state index contributed by atoms with van der Waals surface area (Å²) in [5, 5.41) is 3.44. The van der Waals surface area contributed by atoms with Crippen LogP contribution in [-0.4, -0.2) is 25.8 Å². The maximum Gasteiger partial charge on any atom is 0.0622 e. The van der Waals surface area contributed by atoms with Crippen molar-refractivity contribution in [3.8, 4) is 0 Å². The smallest absolute Gasteiger partial charge is 0.0622 e. The van der Waals surface area contributed by atoms with Gasteiger partial charge in [0.05, 0.1) is 6.61 Å². The fraction of sp³-hybridized carbons (Fsp3) is 0.818. The van der Waals surface area contributed by atoms with Gasteiger partial charge >= 0.3 is 0 Å². The first-order valence-electron chi connectivity index (χ1n) is 5.14. The van der Waals surface area contributed by atoms with Gasteiger partial charge in [-0.1, -0.05) is 26.0 Å². The zero-order valence-electron chi connectivity index (χ0n) is 9.34. The molecule has 2 heteroatoms. The Hall–Kier alpha value is -0.340. The number of nitrogens with one attached hydrogen (secondary N) is 1. The second kappa shape index (κ2) is 8.27. The Morgan fingerprint density at radius 3 is 2.54 bits per heavy atom. The average molecular weight is 185 g/mol. The van der Waals surface area contributed by atoms with Crippen molar-refractivity contribution in [2.24, 2.45) is 5.92 Å². The van der Waals surface area contributed by atoms with Crippen LogP contribution < -0.4 is 5.32 Å². The van der Waals surface area contributed by atoms with Gasteiger partial charge in [-0.25, -0.2) is 0 Å². The summed E-state index contributed by atoms with van der Waals surface area (Å²) >= 11 is 0. The summed E-state index contributed by atoms with van der Waals surface area (Å²) in [6.07, 6.45) is 4.19. The fourth-order valence-corrected chi connectivity index (χ4v) is 1.07. The Labute approximate surface area is 82.4 Å². The molecule has 0 saturated heterocycles. The molecule has 0 radical (unpaired) electrons. The Balaban J connectivity index is 3.66. The van der Waals surface area contributed by atoms with Crippen LogP contribution in [0.4, 0.5) is 0 Å². The monoisotopic (exact) mass is 185 g/mol. The molecule has 0 aromatic rings. The summed E-state index contributed by atoms with van der Waals surface area (Å²) in [6, 6.07) is 0.469. The molecule has 13 heavy (non-hydrogen) atoms. The van der Waals surface area contributed by atoms with E-state index < -0.39 is 0 Å². The normalized spacial score (nSPS) is 14.2. The van der Waals surface area contributed by atoms with E-state index in [1.54, 1.807) is 0 Å². The third-order valence-corrected chi connectivity index (χ3v) is 2.04. The largest absolute Gasteiger partial charge is 0.380 e. The quantitative estimate of drug-likeness (QED) is 0.614. The molecule has 2 nitrogen and oxygen atoms in total. The van der Waals surface area contributed by atoms with Crippen LogP contribution in [0.25, 0.3) is 0 Å². The zero-order valence-corrected chi connectivity index (χ0v) is 9.34. The lowest BCUT2D eigenvalue weighted by Crippen LogP contribution is -2.38. The van der Waals surface area contributed by atoms with E-state index in [1.807, 2.05) is 13.8 Å². The molecule has 0 spiro atoms. The summed E-state index contributed by atoms with van der Waals surface area (Å²) in [7, 11) is 0. The molecule has 0 heterocycles. The van der Waals surface area contributed by atoms with Gasteiger partial charge in [0.25, 0.3) is 0 Å². The maximum atomic E-state index is 5.40. The Morgan fingerprint density at radius 2 is 2.08 bits per heavy atom. The Bertz CT molecular complexity index is 132. The van der Waals surface area contributed by atoms with E-state index in [0.717, 1.165) is 19.8 Å². The first-order valence-corrected chi connectivity index (χ1v) is 5.14. The third-order valence-electron chi connectivity index (χ3n) is 2.04. The van der Waals surface area contributed by atoms with Gasteiger partial charge in [-0.15, -0.1) is 0 Å². The number of hydrogen-bond donors (Lipinski definition) is 1. The zero-order chi connectivity index (χ0) is 10.1. The summed E-state index contributed by atoms with van der Waals surface area (Å²) in [5.74, 6) is 0.622. The van der Waals surface area contributed by atoms with E-state index in [-0.39, 0.29) is 0 Å². The molecular formula is C11H23NO. The standard InChI is InChI=1S/C11H23NO/c1-5-7-8-12-11(10(3)4)9-13-6-2/h5,7,10-12H,6,8-9H2,1-4H3/b7-5+. The lowest BCUT2D eigenvalue weighted by molar-refractivity contribution is 0.110. The van der Waals surface area contributed by atoms with Crippen molar-refractivity contribution in [1.29, 1.82) is 0 Å². The van der Waals surface area contributed by atoms with Crippen molar-refractivity contribution in [1.82, 2.24) is 5.32 Å². The maximum absolute atomic E-state index is 5.40.